The van der Waals surface area contributed by atoms with Crippen molar-refractivity contribution >= 4 is 5.91 Å². The lowest BCUT2D eigenvalue weighted by Crippen LogP contribution is -2.60. The van der Waals surface area contributed by atoms with E-state index in [1.165, 1.54) is 0 Å². The van der Waals surface area contributed by atoms with Gasteiger partial charge in [0.2, 0.25) is 0 Å². The quantitative estimate of drug-likeness (QED) is 0.613. The number of ether oxygens (including phenoxy) is 4. The van der Waals surface area contributed by atoms with Gasteiger partial charge in [0.05, 0.1) is 37.1 Å². The molecule has 1 saturated carbocycles. The summed E-state index contributed by atoms with van der Waals surface area (Å²) in [5.41, 5.74) is 2.57. The number of benzene rings is 2. The van der Waals surface area contributed by atoms with Crippen LogP contribution in [0.25, 0.3) is 0 Å². The second kappa shape index (κ2) is 10.5. The Balaban J connectivity index is 1.58. The van der Waals surface area contributed by atoms with Crippen LogP contribution in [0, 0.1) is 18.3 Å². The molecule has 1 amide bonds. The number of nitrogens with one attached hydrogen (secondary N) is 1. The van der Waals surface area contributed by atoms with E-state index >= 15 is 0 Å². The maximum absolute atomic E-state index is 13.4. The third-order valence-corrected chi connectivity index (χ3v) is 6.55. The monoisotopic (exact) mass is 478 g/mol. The highest BCUT2D eigenvalue weighted by Crippen LogP contribution is 2.44. The molecule has 7 nitrogen and oxygen atoms in total. The first-order chi connectivity index (χ1) is 16.7. The van der Waals surface area contributed by atoms with Gasteiger partial charge in [-0.25, -0.2) is 0 Å². The largest absolute Gasteiger partial charge is 0.371 e. The van der Waals surface area contributed by atoms with Gasteiger partial charge in [-0.3, -0.25) is 4.79 Å². The Kier molecular flexibility index (Phi) is 7.58. The van der Waals surface area contributed by atoms with E-state index in [1.807, 2.05) is 58.0 Å². The Bertz CT molecular complexity index is 1080. The lowest BCUT2D eigenvalue weighted by atomic mass is 9.78. The highest BCUT2D eigenvalue weighted by Gasteiger charge is 2.57. The van der Waals surface area contributed by atoms with Gasteiger partial charge in [-0.05, 0) is 51.0 Å². The summed E-state index contributed by atoms with van der Waals surface area (Å²) in [4.78, 5) is 13.4. The molecule has 4 atom stereocenters. The number of amides is 1. The predicted octanol–water partition coefficient (Wildman–Crippen LogP) is 4.16. The fraction of sp³-hybridized carbons (Fsp3) is 0.500. The summed E-state index contributed by atoms with van der Waals surface area (Å²) in [5.74, 6) is -0.939. The molecule has 0 aromatic heterocycles. The predicted molar refractivity (Wildman–Crippen MR) is 130 cm³/mol. The molecule has 0 radical (unpaired) electrons. The van der Waals surface area contributed by atoms with Gasteiger partial charge in [0.1, 0.15) is 6.10 Å². The third-order valence-electron chi connectivity index (χ3n) is 6.55. The molecule has 1 heterocycles. The fourth-order valence-electron chi connectivity index (χ4n) is 4.93. The lowest BCUT2D eigenvalue weighted by Gasteiger charge is -2.43. The molecule has 1 unspecified atom stereocenters. The average molecular weight is 479 g/mol. The number of rotatable bonds is 8. The molecule has 186 valence electrons. The Morgan fingerprint density at radius 1 is 1.11 bits per heavy atom. The fourth-order valence-corrected chi connectivity index (χ4v) is 4.93. The van der Waals surface area contributed by atoms with Crippen molar-refractivity contribution in [2.45, 2.75) is 83.5 Å². The molecule has 2 aliphatic rings. The van der Waals surface area contributed by atoms with Crippen LogP contribution >= 0.6 is 0 Å². The number of hydrogen-bond donors (Lipinski definition) is 1. The van der Waals surface area contributed by atoms with Gasteiger partial charge in [0, 0.05) is 19.4 Å². The van der Waals surface area contributed by atoms with Crippen LogP contribution in [-0.2, 0) is 37.0 Å². The van der Waals surface area contributed by atoms with Gasteiger partial charge < -0.3 is 24.3 Å². The summed E-state index contributed by atoms with van der Waals surface area (Å²) in [6.07, 6.45) is -0.332. The normalized spacial score (nSPS) is 27.1. The lowest BCUT2D eigenvalue weighted by molar-refractivity contribution is -0.183. The number of likely N-dealkylation sites (N-methyl/N-ethyl adjacent to an activating group) is 1. The first-order valence-electron chi connectivity index (χ1n) is 12.2. The number of carbonyl (C=O) groups is 1. The van der Waals surface area contributed by atoms with Crippen LogP contribution in [0.1, 0.15) is 55.9 Å². The van der Waals surface area contributed by atoms with Crippen LogP contribution in [0.2, 0.25) is 0 Å². The summed E-state index contributed by atoms with van der Waals surface area (Å²) in [7, 11) is 0. The van der Waals surface area contributed by atoms with Crippen LogP contribution < -0.4 is 5.32 Å². The van der Waals surface area contributed by atoms with Gasteiger partial charge in [-0.2, -0.15) is 5.26 Å². The molecule has 4 rings (SSSR count). The summed E-state index contributed by atoms with van der Waals surface area (Å²) < 4.78 is 25.3. The molecule has 0 spiro atoms. The van der Waals surface area contributed by atoms with Crippen molar-refractivity contribution in [1.29, 1.82) is 5.26 Å². The van der Waals surface area contributed by atoms with Crippen molar-refractivity contribution in [3.63, 3.8) is 0 Å². The van der Waals surface area contributed by atoms with Crippen LogP contribution in [0.4, 0.5) is 0 Å². The molecule has 7 heteroatoms. The Hall–Kier alpha value is -2.76. The summed E-state index contributed by atoms with van der Waals surface area (Å²) >= 11 is 0. The van der Waals surface area contributed by atoms with Gasteiger partial charge in [-0.15, -0.1) is 0 Å². The van der Waals surface area contributed by atoms with Gasteiger partial charge in [0.15, 0.2) is 11.4 Å². The van der Waals surface area contributed by atoms with Crippen LogP contribution in [-0.4, -0.2) is 42.2 Å². The van der Waals surface area contributed by atoms with Crippen molar-refractivity contribution in [2.24, 2.45) is 0 Å². The molecule has 2 fully saturated rings. The van der Waals surface area contributed by atoms with Crippen molar-refractivity contribution in [3.05, 3.63) is 70.8 Å². The Labute approximate surface area is 207 Å². The molecule has 0 bridgehead atoms. The van der Waals surface area contributed by atoms with E-state index in [0.717, 1.165) is 16.7 Å². The SMILES string of the molecule is CCNC(=O)[C@@]1(OCc2cccc(C)c2)CC(OCc2ccc(C#N)cc2)[C@@H]2OC(C)(C)O[C@@H]2C1. The standard InChI is InChI=1S/C28H34N2O5/c1-5-30-26(31)28(33-18-22-8-6-7-19(2)13-22)14-23(25-24(15-28)34-27(3,4)35-25)32-17-21-11-9-20(16-29)10-12-21/h6-13,23-25H,5,14-15,17-18H2,1-4H3,(H,30,31)/t23?,24-,25+,28-/m1/s1. The minimum atomic E-state index is -1.11. The summed E-state index contributed by atoms with van der Waals surface area (Å²) in [6.45, 7) is 8.83. The van der Waals surface area contributed by atoms with Crippen molar-refractivity contribution in [2.75, 3.05) is 6.54 Å². The first kappa shape index (κ1) is 25.3. The van der Waals surface area contributed by atoms with E-state index in [4.69, 9.17) is 24.2 Å². The molecule has 1 aliphatic carbocycles. The zero-order valence-electron chi connectivity index (χ0n) is 20.9. The molecule has 35 heavy (non-hydrogen) atoms. The maximum Gasteiger partial charge on any atom is 0.252 e. The summed E-state index contributed by atoms with van der Waals surface area (Å²) in [5, 5.41) is 12.0. The summed E-state index contributed by atoms with van der Waals surface area (Å²) in [6, 6.07) is 17.5. The molecule has 2 aromatic carbocycles. The highest BCUT2D eigenvalue weighted by molar-refractivity contribution is 5.85. The number of carbonyl (C=O) groups excluding carboxylic acids is 1. The Morgan fingerprint density at radius 3 is 2.57 bits per heavy atom. The van der Waals surface area contributed by atoms with E-state index in [2.05, 4.69) is 17.5 Å². The number of aryl methyl sites for hydroxylation is 1. The molecular formula is C28H34N2O5. The van der Waals surface area contributed by atoms with Crippen molar-refractivity contribution < 1.29 is 23.7 Å². The van der Waals surface area contributed by atoms with Crippen molar-refractivity contribution in [1.82, 2.24) is 5.32 Å². The molecule has 2 aromatic rings. The maximum atomic E-state index is 13.4. The topological polar surface area (TPSA) is 89.8 Å². The van der Waals surface area contributed by atoms with E-state index in [9.17, 15) is 4.79 Å². The van der Waals surface area contributed by atoms with E-state index < -0.39 is 17.5 Å². The number of nitrogens with zero attached hydrogens (tertiary/aromatic N) is 1. The molecule has 1 N–H and O–H groups in total. The van der Waals surface area contributed by atoms with Gasteiger partial charge >= 0.3 is 0 Å². The number of fused-ring (bicyclic) bond motifs is 1. The zero-order chi connectivity index (χ0) is 25.1. The Morgan fingerprint density at radius 2 is 1.89 bits per heavy atom. The minimum absolute atomic E-state index is 0.161. The molecule has 1 saturated heterocycles. The van der Waals surface area contributed by atoms with E-state index in [-0.39, 0.29) is 18.1 Å². The van der Waals surface area contributed by atoms with Gasteiger partial charge in [-0.1, -0.05) is 42.0 Å². The minimum Gasteiger partial charge on any atom is -0.371 e. The molecule has 1 aliphatic heterocycles. The van der Waals surface area contributed by atoms with Crippen molar-refractivity contribution in [3.8, 4) is 6.07 Å². The van der Waals surface area contributed by atoms with Crippen LogP contribution in [0.5, 0.6) is 0 Å². The van der Waals surface area contributed by atoms with E-state index in [1.54, 1.807) is 12.1 Å². The average Bonchev–Trinajstić information content (AvgIpc) is 3.15. The van der Waals surface area contributed by atoms with Crippen LogP contribution in [0.15, 0.2) is 48.5 Å². The second-order valence-electron chi connectivity index (χ2n) is 9.84. The number of hydrogen-bond acceptors (Lipinski definition) is 6. The van der Waals surface area contributed by atoms with Gasteiger partial charge in [0.25, 0.3) is 5.91 Å². The third kappa shape index (κ3) is 5.91. The molecular weight excluding hydrogens is 444 g/mol. The second-order valence-corrected chi connectivity index (χ2v) is 9.84. The van der Waals surface area contributed by atoms with Crippen LogP contribution in [0.3, 0.4) is 0 Å². The van der Waals surface area contributed by atoms with E-state index in [0.29, 0.717) is 38.2 Å². The highest BCUT2D eigenvalue weighted by atomic mass is 16.8. The number of nitriles is 1. The zero-order valence-corrected chi connectivity index (χ0v) is 20.9. The first-order valence-corrected chi connectivity index (χ1v) is 12.2. The smallest absolute Gasteiger partial charge is 0.252 e.